The maximum absolute atomic E-state index is 12.5. The van der Waals surface area contributed by atoms with Crippen molar-refractivity contribution in [3.63, 3.8) is 0 Å². The zero-order valence-electron chi connectivity index (χ0n) is 12.7. The number of hydrogen-bond acceptors (Lipinski definition) is 3. The summed E-state index contributed by atoms with van der Waals surface area (Å²) in [6.45, 7) is 1.84. The smallest absolute Gasteiger partial charge is 0.228 e. The van der Waals surface area contributed by atoms with Crippen LogP contribution in [0.3, 0.4) is 0 Å². The first-order chi connectivity index (χ1) is 11.0. The maximum atomic E-state index is 12.5. The van der Waals surface area contributed by atoms with Gasteiger partial charge in [-0.15, -0.1) is 0 Å². The van der Waals surface area contributed by atoms with Gasteiger partial charge in [0.15, 0.2) is 0 Å². The lowest BCUT2D eigenvalue weighted by Crippen LogP contribution is -2.34. The second kappa shape index (κ2) is 7.79. The third-order valence-corrected chi connectivity index (χ3v) is 4.02. The normalized spacial score (nSPS) is 13.1. The molecule has 120 valence electrons. The lowest BCUT2D eigenvalue weighted by Gasteiger charge is -2.24. The quantitative estimate of drug-likeness (QED) is 0.885. The Morgan fingerprint density at radius 1 is 1.09 bits per heavy atom. The molecule has 2 aromatic rings. The van der Waals surface area contributed by atoms with Gasteiger partial charge in [0.05, 0.1) is 5.92 Å². The van der Waals surface area contributed by atoms with Crippen LogP contribution in [0.25, 0.3) is 0 Å². The third kappa shape index (κ3) is 4.83. The Hall–Kier alpha value is -2.33. The molecule has 0 bridgehead atoms. The minimum atomic E-state index is -1.25. The van der Waals surface area contributed by atoms with Crippen molar-refractivity contribution >= 4 is 29.2 Å². The number of anilines is 1. The van der Waals surface area contributed by atoms with E-state index >= 15 is 0 Å². The zero-order chi connectivity index (χ0) is 16.8. The van der Waals surface area contributed by atoms with Crippen LogP contribution in [0.5, 0.6) is 0 Å². The fraction of sp³-hybridized carbons (Fsp3) is 0.222. The molecule has 0 aliphatic heterocycles. The van der Waals surface area contributed by atoms with E-state index in [2.05, 4.69) is 5.32 Å². The van der Waals surface area contributed by atoms with Crippen LogP contribution >= 0.6 is 11.6 Å². The second-order valence-corrected chi connectivity index (χ2v) is 5.81. The van der Waals surface area contributed by atoms with Gasteiger partial charge in [0, 0.05) is 16.7 Å². The van der Waals surface area contributed by atoms with Crippen LogP contribution in [-0.4, -0.2) is 11.9 Å². The van der Waals surface area contributed by atoms with Crippen molar-refractivity contribution in [1.82, 2.24) is 0 Å². The van der Waals surface area contributed by atoms with E-state index in [0.29, 0.717) is 10.7 Å². The standard InChI is InChI=1S/C18H18ClNO3/c1-12(13-5-3-2-4-6-13)16(11-17(21)22)18(23)20-15-9-7-14(19)8-10-15/h2-10,12,16H,11H2,1H3,(H,20,23)(H,21,22)/p-1/t12-,16-/m0/s1. The number of rotatable bonds is 6. The van der Waals surface area contributed by atoms with Gasteiger partial charge in [0.1, 0.15) is 0 Å². The van der Waals surface area contributed by atoms with Crippen molar-refractivity contribution in [2.24, 2.45) is 5.92 Å². The van der Waals surface area contributed by atoms with Crippen LogP contribution in [0.4, 0.5) is 5.69 Å². The fourth-order valence-electron chi connectivity index (χ4n) is 2.43. The lowest BCUT2D eigenvalue weighted by atomic mass is 9.84. The molecule has 2 rings (SSSR count). The number of benzene rings is 2. The van der Waals surface area contributed by atoms with Crippen LogP contribution in [0.2, 0.25) is 5.02 Å². The minimum absolute atomic E-state index is 0.249. The highest BCUT2D eigenvalue weighted by molar-refractivity contribution is 6.30. The average molecular weight is 331 g/mol. The molecule has 0 spiro atoms. The first-order valence-corrected chi connectivity index (χ1v) is 7.66. The number of halogens is 1. The lowest BCUT2D eigenvalue weighted by molar-refractivity contribution is -0.306. The average Bonchev–Trinajstić information content (AvgIpc) is 2.54. The molecule has 0 saturated heterocycles. The molecule has 4 nitrogen and oxygen atoms in total. The van der Waals surface area contributed by atoms with E-state index in [1.54, 1.807) is 24.3 Å². The van der Waals surface area contributed by atoms with E-state index in [1.165, 1.54) is 0 Å². The van der Waals surface area contributed by atoms with E-state index in [9.17, 15) is 14.7 Å². The number of aliphatic carboxylic acids is 1. The van der Waals surface area contributed by atoms with E-state index < -0.39 is 11.9 Å². The van der Waals surface area contributed by atoms with Crippen molar-refractivity contribution in [2.75, 3.05) is 5.32 Å². The van der Waals surface area contributed by atoms with Gasteiger partial charge >= 0.3 is 0 Å². The van der Waals surface area contributed by atoms with Gasteiger partial charge in [-0.05, 0) is 42.2 Å². The largest absolute Gasteiger partial charge is 0.550 e. The van der Waals surface area contributed by atoms with E-state index in [0.717, 1.165) is 5.56 Å². The molecule has 0 aliphatic rings. The number of hydrogen-bond donors (Lipinski definition) is 1. The number of nitrogens with one attached hydrogen (secondary N) is 1. The molecular weight excluding hydrogens is 314 g/mol. The van der Waals surface area contributed by atoms with Crippen LogP contribution in [0.15, 0.2) is 54.6 Å². The van der Waals surface area contributed by atoms with Crippen molar-refractivity contribution < 1.29 is 14.7 Å². The first kappa shape index (κ1) is 17.0. The molecule has 0 fully saturated rings. The molecule has 0 aromatic heterocycles. The van der Waals surface area contributed by atoms with Crippen LogP contribution in [-0.2, 0) is 9.59 Å². The van der Waals surface area contributed by atoms with Gasteiger partial charge in [0.25, 0.3) is 0 Å². The Labute approximate surface area is 140 Å². The summed E-state index contributed by atoms with van der Waals surface area (Å²) in [5, 5.41) is 14.3. The molecule has 2 atom stereocenters. The van der Waals surface area contributed by atoms with Gasteiger partial charge < -0.3 is 15.2 Å². The fourth-order valence-corrected chi connectivity index (χ4v) is 2.56. The Balaban J connectivity index is 2.18. The molecule has 0 radical (unpaired) electrons. The van der Waals surface area contributed by atoms with Crippen molar-refractivity contribution in [1.29, 1.82) is 0 Å². The van der Waals surface area contributed by atoms with Crippen LogP contribution < -0.4 is 10.4 Å². The molecule has 0 heterocycles. The number of amides is 1. The molecule has 2 aromatic carbocycles. The zero-order valence-corrected chi connectivity index (χ0v) is 13.4. The van der Waals surface area contributed by atoms with Crippen LogP contribution in [0.1, 0.15) is 24.8 Å². The summed E-state index contributed by atoms with van der Waals surface area (Å²) in [4.78, 5) is 23.6. The first-order valence-electron chi connectivity index (χ1n) is 7.28. The van der Waals surface area contributed by atoms with Crippen LogP contribution in [0, 0.1) is 5.92 Å². The van der Waals surface area contributed by atoms with E-state index in [4.69, 9.17) is 11.6 Å². The van der Waals surface area contributed by atoms with Gasteiger partial charge in [-0.2, -0.15) is 0 Å². The molecule has 1 amide bonds. The van der Waals surface area contributed by atoms with Gasteiger partial charge in [0.2, 0.25) is 5.91 Å². The summed E-state index contributed by atoms with van der Waals surface area (Å²) < 4.78 is 0. The van der Waals surface area contributed by atoms with Crippen molar-refractivity contribution in [2.45, 2.75) is 19.3 Å². The van der Waals surface area contributed by atoms with Gasteiger partial charge in [-0.25, -0.2) is 0 Å². The van der Waals surface area contributed by atoms with E-state index in [1.807, 2.05) is 37.3 Å². The van der Waals surface area contributed by atoms with Gasteiger partial charge in [-0.3, -0.25) is 4.79 Å². The molecule has 1 N–H and O–H groups in total. The topological polar surface area (TPSA) is 69.2 Å². The number of carboxylic acids is 1. The summed E-state index contributed by atoms with van der Waals surface area (Å²) in [5.74, 6) is -2.57. The van der Waals surface area contributed by atoms with E-state index in [-0.39, 0.29) is 18.2 Å². The van der Waals surface area contributed by atoms with Crippen molar-refractivity contribution in [3.05, 3.63) is 65.2 Å². The summed E-state index contributed by atoms with van der Waals surface area (Å²) in [6, 6.07) is 16.0. The molecule has 0 unspecified atom stereocenters. The maximum Gasteiger partial charge on any atom is 0.228 e. The molecular formula is C18H17ClNO3-. The Bertz CT molecular complexity index is 670. The number of carbonyl (C=O) groups excluding carboxylic acids is 2. The van der Waals surface area contributed by atoms with Crippen molar-refractivity contribution in [3.8, 4) is 0 Å². The summed E-state index contributed by atoms with van der Waals surface area (Å²) in [6.07, 6.45) is -0.338. The highest BCUT2D eigenvalue weighted by Crippen LogP contribution is 2.28. The molecule has 23 heavy (non-hydrogen) atoms. The Morgan fingerprint density at radius 3 is 2.26 bits per heavy atom. The number of carboxylic acid groups (broad SMARTS) is 1. The minimum Gasteiger partial charge on any atom is -0.550 e. The third-order valence-electron chi connectivity index (χ3n) is 3.76. The Morgan fingerprint density at radius 2 is 1.70 bits per heavy atom. The predicted octanol–water partition coefficient (Wildman–Crippen LogP) is 2.84. The molecule has 5 heteroatoms. The highest BCUT2D eigenvalue weighted by atomic mass is 35.5. The highest BCUT2D eigenvalue weighted by Gasteiger charge is 2.26. The van der Waals surface area contributed by atoms with Gasteiger partial charge in [-0.1, -0.05) is 48.9 Å². The molecule has 0 saturated carbocycles. The molecule has 0 aliphatic carbocycles. The SMILES string of the molecule is C[C@@H](c1ccccc1)[C@H](CC(=O)[O-])C(=O)Nc1ccc(Cl)cc1. The summed E-state index contributed by atoms with van der Waals surface area (Å²) in [5.41, 5.74) is 1.48. The number of carbonyl (C=O) groups is 2. The Kier molecular flexibility index (Phi) is 5.77. The predicted molar refractivity (Wildman–Crippen MR) is 88.1 cm³/mol. The second-order valence-electron chi connectivity index (χ2n) is 5.38. The monoisotopic (exact) mass is 330 g/mol. The summed E-state index contributed by atoms with van der Waals surface area (Å²) in [7, 11) is 0. The summed E-state index contributed by atoms with van der Waals surface area (Å²) >= 11 is 5.81.